The molecule has 1 amide bonds. The standard InChI is InChI=1S/C13H10F2N2OS/c14-7-1-4-11(10(15)5-7)19-12-6-8(16)2-3-9(12)13(17)18/h1-6H,16H2,(H2,17,18). The second-order valence-electron chi connectivity index (χ2n) is 3.80. The molecular formula is C13H10F2N2OS. The second kappa shape index (κ2) is 5.27. The van der Waals surface area contributed by atoms with Gasteiger partial charge in [-0.15, -0.1) is 0 Å². The minimum atomic E-state index is -0.706. The van der Waals surface area contributed by atoms with Gasteiger partial charge in [-0.2, -0.15) is 0 Å². The lowest BCUT2D eigenvalue weighted by molar-refractivity contribution is 0.0997. The lowest BCUT2D eigenvalue weighted by atomic mass is 10.2. The van der Waals surface area contributed by atoms with Crippen LogP contribution in [0.5, 0.6) is 0 Å². The number of carbonyl (C=O) groups excluding carboxylic acids is 1. The molecule has 0 saturated heterocycles. The number of hydrogen-bond donors (Lipinski definition) is 2. The predicted octanol–water partition coefficient (Wildman–Crippen LogP) is 2.80. The van der Waals surface area contributed by atoms with E-state index in [1.54, 1.807) is 0 Å². The molecule has 0 atom stereocenters. The van der Waals surface area contributed by atoms with E-state index in [1.165, 1.54) is 24.3 Å². The molecule has 0 fully saturated rings. The van der Waals surface area contributed by atoms with Gasteiger partial charge in [-0.05, 0) is 30.3 Å². The fourth-order valence-electron chi connectivity index (χ4n) is 1.50. The number of halogens is 2. The van der Waals surface area contributed by atoms with E-state index in [2.05, 4.69) is 0 Å². The first kappa shape index (κ1) is 13.4. The zero-order chi connectivity index (χ0) is 14.0. The lowest BCUT2D eigenvalue weighted by Crippen LogP contribution is -2.12. The minimum Gasteiger partial charge on any atom is -0.399 e. The van der Waals surface area contributed by atoms with Crippen LogP contribution in [-0.2, 0) is 0 Å². The Kier molecular flexibility index (Phi) is 3.71. The van der Waals surface area contributed by atoms with Crippen LogP contribution in [-0.4, -0.2) is 5.91 Å². The van der Waals surface area contributed by atoms with Crippen LogP contribution in [0.15, 0.2) is 46.2 Å². The molecule has 0 aliphatic heterocycles. The van der Waals surface area contributed by atoms with Crippen LogP contribution in [0.3, 0.4) is 0 Å². The summed E-state index contributed by atoms with van der Waals surface area (Å²) in [6.07, 6.45) is 0. The Balaban J connectivity index is 2.42. The fraction of sp³-hybridized carbons (Fsp3) is 0. The van der Waals surface area contributed by atoms with E-state index in [4.69, 9.17) is 11.5 Å². The van der Waals surface area contributed by atoms with Crippen molar-refractivity contribution in [3.63, 3.8) is 0 Å². The Hall–Kier alpha value is -2.08. The maximum Gasteiger partial charge on any atom is 0.249 e. The molecule has 0 aliphatic rings. The summed E-state index contributed by atoms with van der Waals surface area (Å²) in [5, 5.41) is 0. The third-order valence-electron chi connectivity index (χ3n) is 2.38. The first-order valence-electron chi connectivity index (χ1n) is 5.29. The molecular weight excluding hydrogens is 270 g/mol. The smallest absolute Gasteiger partial charge is 0.249 e. The summed E-state index contributed by atoms with van der Waals surface area (Å²) in [7, 11) is 0. The molecule has 0 bridgehead atoms. The van der Waals surface area contributed by atoms with E-state index in [9.17, 15) is 13.6 Å². The number of nitrogens with two attached hydrogens (primary N) is 2. The monoisotopic (exact) mass is 280 g/mol. The van der Waals surface area contributed by atoms with Crippen molar-refractivity contribution in [1.29, 1.82) is 0 Å². The van der Waals surface area contributed by atoms with E-state index in [1.807, 2.05) is 0 Å². The van der Waals surface area contributed by atoms with Crippen LogP contribution in [0.1, 0.15) is 10.4 Å². The highest BCUT2D eigenvalue weighted by Gasteiger charge is 2.12. The zero-order valence-electron chi connectivity index (χ0n) is 9.69. The molecule has 0 saturated carbocycles. The van der Waals surface area contributed by atoms with Crippen LogP contribution in [0.2, 0.25) is 0 Å². The molecule has 2 aromatic rings. The Bertz CT molecular complexity index is 647. The average molecular weight is 280 g/mol. The maximum atomic E-state index is 13.6. The molecule has 6 heteroatoms. The van der Waals surface area contributed by atoms with E-state index in [0.29, 0.717) is 10.6 Å². The SMILES string of the molecule is NC(=O)c1ccc(N)cc1Sc1ccc(F)cc1F. The number of benzene rings is 2. The Morgan fingerprint density at radius 2 is 1.79 bits per heavy atom. The van der Waals surface area contributed by atoms with Gasteiger partial charge in [-0.1, -0.05) is 11.8 Å². The molecule has 0 aliphatic carbocycles. The van der Waals surface area contributed by atoms with Gasteiger partial charge >= 0.3 is 0 Å². The number of anilines is 1. The van der Waals surface area contributed by atoms with Crippen molar-refractivity contribution in [2.24, 2.45) is 5.73 Å². The van der Waals surface area contributed by atoms with Crippen molar-refractivity contribution in [2.75, 3.05) is 5.73 Å². The number of hydrogen-bond acceptors (Lipinski definition) is 3. The number of rotatable bonds is 3. The number of nitrogen functional groups attached to an aromatic ring is 1. The van der Waals surface area contributed by atoms with Crippen LogP contribution in [0.4, 0.5) is 14.5 Å². The molecule has 2 rings (SSSR count). The van der Waals surface area contributed by atoms with E-state index in [0.717, 1.165) is 23.9 Å². The van der Waals surface area contributed by atoms with Gasteiger partial charge in [0.05, 0.1) is 5.56 Å². The Morgan fingerprint density at radius 1 is 1.05 bits per heavy atom. The first-order chi connectivity index (χ1) is 8.97. The van der Waals surface area contributed by atoms with Crippen molar-refractivity contribution in [3.8, 4) is 0 Å². The van der Waals surface area contributed by atoms with Gasteiger partial charge in [0, 0.05) is 21.5 Å². The van der Waals surface area contributed by atoms with Crippen LogP contribution in [0.25, 0.3) is 0 Å². The number of carbonyl (C=O) groups is 1. The highest BCUT2D eigenvalue weighted by molar-refractivity contribution is 7.99. The van der Waals surface area contributed by atoms with E-state index in [-0.39, 0.29) is 10.5 Å². The van der Waals surface area contributed by atoms with Gasteiger partial charge in [0.1, 0.15) is 11.6 Å². The highest BCUT2D eigenvalue weighted by Crippen LogP contribution is 2.33. The second-order valence-corrected chi connectivity index (χ2v) is 4.88. The van der Waals surface area contributed by atoms with Crippen molar-refractivity contribution in [2.45, 2.75) is 9.79 Å². The maximum absolute atomic E-state index is 13.6. The molecule has 0 unspecified atom stereocenters. The molecule has 0 heterocycles. The molecule has 0 aromatic heterocycles. The van der Waals surface area contributed by atoms with Gasteiger partial charge in [-0.3, -0.25) is 4.79 Å². The molecule has 0 radical (unpaired) electrons. The fourth-order valence-corrected chi connectivity index (χ4v) is 2.51. The summed E-state index contributed by atoms with van der Waals surface area (Å²) < 4.78 is 26.4. The largest absolute Gasteiger partial charge is 0.399 e. The molecule has 0 spiro atoms. The normalized spacial score (nSPS) is 10.4. The van der Waals surface area contributed by atoms with Gasteiger partial charge < -0.3 is 11.5 Å². The van der Waals surface area contributed by atoms with Gasteiger partial charge in [0.25, 0.3) is 0 Å². The molecule has 4 N–H and O–H groups in total. The molecule has 3 nitrogen and oxygen atoms in total. The predicted molar refractivity (Wildman–Crippen MR) is 69.9 cm³/mol. The van der Waals surface area contributed by atoms with Crippen molar-refractivity contribution in [1.82, 2.24) is 0 Å². The van der Waals surface area contributed by atoms with Gasteiger partial charge in [0.2, 0.25) is 5.91 Å². The number of primary amides is 1. The summed E-state index contributed by atoms with van der Waals surface area (Å²) >= 11 is 0.970. The zero-order valence-corrected chi connectivity index (χ0v) is 10.5. The average Bonchev–Trinajstić information content (AvgIpc) is 2.32. The quantitative estimate of drug-likeness (QED) is 0.849. The third-order valence-corrected chi connectivity index (χ3v) is 3.49. The van der Waals surface area contributed by atoms with E-state index < -0.39 is 17.5 Å². The molecule has 2 aromatic carbocycles. The third kappa shape index (κ3) is 3.03. The lowest BCUT2D eigenvalue weighted by Gasteiger charge is -2.08. The molecule has 19 heavy (non-hydrogen) atoms. The van der Waals surface area contributed by atoms with Crippen LogP contribution < -0.4 is 11.5 Å². The first-order valence-corrected chi connectivity index (χ1v) is 6.11. The Labute approximate surface area is 112 Å². The van der Waals surface area contributed by atoms with Crippen molar-refractivity contribution >= 4 is 23.4 Å². The number of amides is 1. The van der Waals surface area contributed by atoms with Crippen LogP contribution in [0, 0.1) is 11.6 Å². The summed E-state index contributed by atoms with van der Waals surface area (Å²) in [5.74, 6) is -2.00. The topological polar surface area (TPSA) is 69.1 Å². The van der Waals surface area contributed by atoms with Crippen molar-refractivity contribution in [3.05, 3.63) is 53.6 Å². The minimum absolute atomic E-state index is 0.189. The summed E-state index contributed by atoms with van der Waals surface area (Å²) in [5.41, 5.74) is 11.5. The van der Waals surface area contributed by atoms with Crippen LogP contribution >= 0.6 is 11.8 Å². The molecule has 98 valence electrons. The van der Waals surface area contributed by atoms with Crippen molar-refractivity contribution < 1.29 is 13.6 Å². The highest BCUT2D eigenvalue weighted by atomic mass is 32.2. The van der Waals surface area contributed by atoms with Gasteiger partial charge in [0.15, 0.2) is 0 Å². The summed E-state index contributed by atoms with van der Waals surface area (Å²) in [4.78, 5) is 11.9. The van der Waals surface area contributed by atoms with E-state index >= 15 is 0 Å². The Morgan fingerprint density at radius 3 is 2.42 bits per heavy atom. The summed E-state index contributed by atoms with van der Waals surface area (Å²) in [6, 6.07) is 7.74. The van der Waals surface area contributed by atoms with Gasteiger partial charge in [-0.25, -0.2) is 8.78 Å². The summed E-state index contributed by atoms with van der Waals surface area (Å²) in [6.45, 7) is 0.